The molecule has 0 aliphatic carbocycles. The normalized spacial score (nSPS) is 17.5. The van der Waals surface area contributed by atoms with Crippen molar-refractivity contribution >= 4 is 11.7 Å². The van der Waals surface area contributed by atoms with Gasteiger partial charge in [0, 0.05) is 17.9 Å². The summed E-state index contributed by atoms with van der Waals surface area (Å²) in [6, 6.07) is 5.33. The second-order valence-electron chi connectivity index (χ2n) is 6.29. The minimum absolute atomic E-state index is 0.114. The first-order chi connectivity index (χ1) is 11.8. The molecule has 134 valence electrons. The van der Waals surface area contributed by atoms with Gasteiger partial charge >= 0.3 is 6.18 Å². The van der Waals surface area contributed by atoms with Gasteiger partial charge in [0.2, 0.25) is 5.91 Å². The first-order valence-corrected chi connectivity index (χ1v) is 8.39. The predicted octanol–water partition coefficient (Wildman–Crippen LogP) is 4.74. The van der Waals surface area contributed by atoms with Gasteiger partial charge in [0.25, 0.3) is 0 Å². The topological polar surface area (TPSA) is 46.9 Å². The zero-order valence-corrected chi connectivity index (χ0v) is 14.1. The molecule has 1 aliphatic heterocycles. The molecular weight excluding hydrogens is 331 g/mol. The molecule has 2 aromatic rings. The van der Waals surface area contributed by atoms with E-state index in [4.69, 9.17) is 0 Å². The zero-order chi connectivity index (χ0) is 18.2. The lowest BCUT2D eigenvalue weighted by molar-refractivity contribution is -0.137. The molecule has 1 aromatic carbocycles. The number of aromatic nitrogens is 2. The molecule has 1 unspecified atom stereocenters. The van der Waals surface area contributed by atoms with Crippen molar-refractivity contribution in [2.45, 2.75) is 51.2 Å². The monoisotopic (exact) mass is 351 g/mol. The van der Waals surface area contributed by atoms with E-state index in [0.29, 0.717) is 11.4 Å². The predicted molar refractivity (Wildman–Crippen MR) is 88.4 cm³/mol. The maximum absolute atomic E-state index is 13.0. The number of alkyl halides is 3. The number of amides is 1. The van der Waals surface area contributed by atoms with Crippen LogP contribution >= 0.6 is 0 Å². The molecule has 1 aliphatic rings. The first kappa shape index (κ1) is 17.5. The highest BCUT2D eigenvalue weighted by molar-refractivity contribution is 5.94. The average Bonchev–Trinajstić information content (AvgIpc) is 2.98. The molecule has 1 aromatic heterocycles. The Bertz CT molecular complexity index is 778. The fraction of sp³-hybridized carbons (Fsp3) is 0.444. The van der Waals surface area contributed by atoms with Gasteiger partial charge in [-0.05, 0) is 24.5 Å². The van der Waals surface area contributed by atoms with E-state index in [-0.39, 0.29) is 18.4 Å². The third-order valence-corrected chi connectivity index (χ3v) is 4.75. The van der Waals surface area contributed by atoms with Crippen LogP contribution in [0.4, 0.5) is 19.0 Å². The Labute approximate surface area is 144 Å². The number of rotatable bonds is 4. The number of nitrogens with one attached hydrogen (secondary N) is 1. The maximum atomic E-state index is 13.0. The number of hydrogen-bond acceptors (Lipinski definition) is 2. The van der Waals surface area contributed by atoms with E-state index >= 15 is 0 Å². The van der Waals surface area contributed by atoms with Crippen molar-refractivity contribution in [3.8, 4) is 0 Å². The second-order valence-corrected chi connectivity index (χ2v) is 6.29. The summed E-state index contributed by atoms with van der Waals surface area (Å²) in [4.78, 5) is 12.2. The fourth-order valence-corrected chi connectivity index (χ4v) is 3.38. The molecular formula is C18H20F3N3O. The first-order valence-electron chi connectivity index (χ1n) is 8.39. The summed E-state index contributed by atoms with van der Waals surface area (Å²) < 4.78 is 40.8. The number of nitrogens with zero attached hydrogens (tertiary/aromatic N) is 2. The largest absolute Gasteiger partial charge is 0.416 e. The average molecular weight is 351 g/mol. The summed E-state index contributed by atoms with van der Waals surface area (Å²) in [6.45, 7) is 4.08. The molecule has 7 heteroatoms. The fourth-order valence-electron chi connectivity index (χ4n) is 3.38. The molecule has 0 saturated carbocycles. The van der Waals surface area contributed by atoms with Crippen molar-refractivity contribution in [3.05, 3.63) is 47.2 Å². The third kappa shape index (κ3) is 3.27. The third-order valence-electron chi connectivity index (χ3n) is 4.75. The van der Waals surface area contributed by atoms with Crippen molar-refractivity contribution in [1.29, 1.82) is 0 Å². The number of hydrogen-bond donors (Lipinski definition) is 1. The van der Waals surface area contributed by atoms with E-state index in [1.54, 1.807) is 16.9 Å². The van der Waals surface area contributed by atoms with Crippen LogP contribution in [0.15, 0.2) is 30.5 Å². The van der Waals surface area contributed by atoms with Crippen LogP contribution in [-0.2, 0) is 11.0 Å². The van der Waals surface area contributed by atoms with Crippen LogP contribution in [0.2, 0.25) is 0 Å². The molecule has 0 saturated heterocycles. The Morgan fingerprint density at radius 2 is 2.04 bits per heavy atom. The number of benzene rings is 1. The lowest BCUT2D eigenvalue weighted by Crippen LogP contribution is -2.26. The second kappa shape index (κ2) is 6.54. The Morgan fingerprint density at radius 1 is 1.32 bits per heavy atom. The van der Waals surface area contributed by atoms with Gasteiger partial charge in [0.1, 0.15) is 5.82 Å². The quantitative estimate of drug-likeness (QED) is 0.865. The van der Waals surface area contributed by atoms with Gasteiger partial charge in [-0.25, -0.2) is 4.68 Å². The highest BCUT2D eigenvalue weighted by Crippen LogP contribution is 2.40. The number of carbonyl (C=O) groups excluding carboxylic acids is 1. The molecule has 4 nitrogen and oxygen atoms in total. The van der Waals surface area contributed by atoms with E-state index in [9.17, 15) is 18.0 Å². The summed E-state index contributed by atoms with van der Waals surface area (Å²) >= 11 is 0. The van der Waals surface area contributed by atoms with Crippen molar-refractivity contribution in [2.75, 3.05) is 5.32 Å². The molecule has 1 atom stereocenters. The molecule has 1 amide bonds. The van der Waals surface area contributed by atoms with Gasteiger partial charge in [-0.3, -0.25) is 4.79 Å². The van der Waals surface area contributed by atoms with Gasteiger partial charge in [0.15, 0.2) is 0 Å². The van der Waals surface area contributed by atoms with E-state index in [2.05, 4.69) is 10.4 Å². The van der Waals surface area contributed by atoms with Crippen LogP contribution in [-0.4, -0.2) is 15.7 Å². The van der Waals surface area contributed by atoms with Crippen LogP contribution in [0.25, 0.3) is 0 Å². The lowest BCUT2D eigenvalue weighted by atomic mass is 9.86. The molecule has 0 radical (unpaired) electrons. The van der Waals surface area contributed by atoms with E-state index in [0.717, 1.165) is 30.5 Å². The smallest absolute Gasteiger partial charge is 0.311 e. The van der Waals surface area contributed by atoms with Crippen LogP contribution in [0.5, 0.6) is 0 Å². The standard InChI is InChI=1S/C18H20F3N3O/c1-3-13(4-2)24-17-15(10-22-24)14(9-16(25)23-17)11-6-5-7-12(8-11)18(19,20)21/h5-8,10,13-14H,3-4,9H2,1-2H3,(H,23,25). The Kier molecular flexibility index (Phi) is 4.58. The van der Waals surface area contributed by atoms with Crippen molar-refractivity contribution in [2.24, 2.45) is 0 Å². The minimum atomic E-state index is -4.41. The minimum Gasteiger partial charge on any atom is -0.311 e. The molecule has 0 spiro atoms. The van der Waals surface area contributed by atoms with Crippen molar-refractivity contribution in [1.82, 2.24) is 9.78 Å². The molecule has 0 bridgehead atoms. The highest BCUT2D eigenvalue weighted by atomic mass is 19.4. The molecule has 3 rings (SSSR count). The van der Waals surface area contributed by atoms with E-state index in [1.165, 1.54) is 6.07 Å². The number of anilines is 1. The van der Waals surface area contributed by atoms with Gasteiger partial charge < -0.3 is 5.32 Å². The Morgan fingerprint density at radius 3 is 2.68 bits per heavy atom. The molecule has 0 fully saturated rings. The number of fused-ring (bicyclic) bond motifs is 1. The molecule has 25 heavy (non-hydrogen) atoms. The Balaban J connectivity index is 2.05. The van der Waals surface area contributed by atoms with E-state index in [1.807, 2.05) is 13.8 Å². The zero-order valence-electron chi connectivity index (χ0n) is 14.1. The van der Waals surface area contributed by atoms with Crippen LogP contribution in [0.1, 0.15) is 61.8 Å². The van der Waals surface area contributed by atoms with E-state index < -0.39 is 17.7 Å². The summed E-state index contributed by atoms with van der Waals surface area (Å²) in [5.74, 6) is -0.0239. The summed E-state index contributed by atoms with van der Waals surface area (Å²) in [6.07, 6.45) is -0.917. The number of carbonyl (C=O) groups is 1. The van der Waals surface area contributed by atoms with Crippen LogP contribution in [0.3, 0.4) is 0 Å². The van der Waals surface area contributed by atoms with Crippen LogP contribution in [0, 0.1) is 0 Å². The van der Waals surface area contributed by atoms with Crippen molar-refractivity contribution < 1.29 is 18.0 Å². The van der Waals surface area contributed by atoms with Crippen molar-refractivity contribution in [3.63, 3.8) is 0 Å². The summed E-state index contributed by atoms with van der Waals surface area (Å²) in [5.41, 5.74) is 0.547. The lowest BCUT2D eigenvalue weighted by Gasteiger charge is -2.26. The maximum Gasteiger partial charge on any atom is 0.416 e. The van der Waals surface area contributed by atoms with Gasteiger partial charge in [0.05, 0.1) is 17.8 Å². The molecule has 2 heterocycles. The van der Waals surface area contributed by atoms with Gasteiger partial charge in [-0.15, -0.1) is 0 Å². The number of halogens is 3. The summed E-state index contributed by atoms with van der Waals surface area (Å²) in [5, 5.41) is 7.24. The highest BCUT2D eigenvalue weighted by Gasteiger charge is 2.34. The summed E-state index contributed by atoms with van der Waals surface area (Å²) in [7, 11) is 0. The van der Waals surface area contributed by atoms with Crippen LogP contribution < -0.4 is 5.32 Å². The van der Waals surface area contributed by atoms with Gasteiger partial charge in [-0.2, -0.15) is 18.3 Å². The molecule has 1 N–H and O–H groups in total. The Hall–Kier alpha value is -2.31. The van der Waals surface area contributed by atoms with Gasteiger partial charge in [-0.1, -0.05) is 32.0 Å². The SMILES string of the molecule is CCC(CC)n1ncc2c1NC(=O)CC2c1cccc(C(F)(F)F)c1.